The summed E-state index contributed by atoms with van der Waals surface area (Å²) in [4.78, 5) is 12.5. The standard InChI is InChI=1S/C24H24N2O3S/c1-2-28-22-13-7-11-20(17-22)25-24(30)26-23(27)19-10-6-12-21(16-19)29-15-14-18-8-4-3-5-9-18/h3-13,16-17H,2,14-15H2,1H3,(H2,25,26,27,30). The minimum Gasteiger partial charge on any atom is -0.494 e. The molecule has 3 aromatic carbocycles. The Morgan fingerprint density at radius 1 is 0.900 bits per heavy atom. The highest BCUT2D eigenvalue weighted by molar-refractivity contribution is 7.80. The van der Waals surface area contributed by atoms with Crippen molar-refractivity contribution in [1.82, 2.24) is 5.32 Å². The molecule has 0 atom stereocenters. The molecule has 3 aromatic rings. The maximum atomic E-state index is 12.5. The van der Waals surface area contributed by atoms with Crippen LogP contribution in [-0.4, -0.2) is 24.2 Å². The van der Waals surface area contributed by atoms with E-state index < -0.39 is 0 Å². The maximum Gasteiger partial charge on any atom is 0.257 e. The van der Waals surface area contributed by atoms with Gasteiger partial charge in [-0.2, -0.15) is 0 Å². The van der Waals surface area contributed by atoms with Gasteiger partial charge in [0.2, 0.25) is 0 Å². The number of carbonyl (C=O) groups is 1. The first kappa shape index (κ1) is 21.3. The molecule has 0 radical (unpaired) electrons. The van der Waals surface area contributed by atoms with Crippen LogP contribution in [0.5, 0.6) is 11.5 Å². The first-order valence-electron chi connectivity index (χ1n) is 9.76. The molecule has 3 rings (SSSR count). The summed E-state index contributed by atoms with van der Waals surface area (Å²) >= 11 is 5.26. The van der Waals surface area contributed by atoms with Gasteiger partial charge in [0.1, 0.15) is 11.5 Å². The Morgan fingerprint density at radius 2 is 1.63 bits per heavy atom. The van der Waals surface area contributed by atoms with Crippen LogP contribution in [0.3, 0.4) is 0 Å². The number of hydrogen-bond donors (Lipinski definition) is 2. The van der Waals surface area contributed by atoms with E-state index in [1.54, 1.807) is 18.2 Å². The number of anilines is 1. The van der Waals surface area contributed by atoms with Crippen molar-refractivity contribution in [3.8, 4) is 11.5 Å². The summed E-state index contributed by atoms with van der Waals surface area (Å²) in [5, 5.41) is 5.90. The van der Waals surface area contributed by atoms with Crippen LogP contribution in [0.2, 0.25) is 0 Å². The molecule has 0 bridgehead atoms. The molecule has 5 nitrogen and oxygen atoms in total. The average molecular weight is 421 g/mol. The van der Waals surface area contributed by atoms with Crippen LogP contribution in [0.4, 0.5) is 5.69 Å². The van der Waals surface area contributed by atoms with Crippen molar-refractivity contribution < 1.29 is 14.3 Å². The Kier molecular flexibility index (Phi) is 7.80. The van der Waals surface area contributed by atoms with E-state index in [4.69, 9.17) is 21.7 Å². The fourth-order valence-corrected chi connectivity index (χ4v) is 3.04. The van der Waals surface area contributed by atoms with Gasteiger partial charge in [-0.25, -0.2) is 0 Å². The van der Waals surface area contributed by atoms with Crippen molar-refractivity contribution in [3.63, 3.8) is 0 Å². The lowest BCUT2D eigenvalue weighted by Crippen LogP contribution is -2.34. The minimum absolute atomic E-state index is 0.212. The van der Waals surface area contributed by atoms with Crippen LogP contribution in [0.25, 0.3) is 0 Å². The second-order valence-corrected chi connectivity index (χ2v) is 6.89. The third-order valence-electron chi connectivity index (χ3n) is 4.23. The molecule has 2 N–H and O–H groups in total. The highest BCUT2D eigenvalue weighted by atomic mass is 32.1. The predicted octanol–water partition coefficient (Wildman–Crippen LogP) is 4.83. The third kappa shape index (κ3) is 6.60. The first-order valence-corrected chi connectivity index (χ1v) is 10.2. The molecule has 30 heavy (non-hydrogen) atoms. The SMILES string of the molecule is CCOc1cccc(NC(=S)NC(=O)c2cccc(OCCc3ccccc3)c2)c1. The van der Waals surface area contributed by atoms with E-state index in [0.717, 1.165) is 17.9 Å². The van der Waals surface area contributed by atoms with Crippen LogP contribution in [0, 0.1) is 0 Å². The minimum atomic E-state index is -0.304. The van der Waals surface area contributed by atoms with Gasteiger partial charge in [0.25, 0.3) is 5.91 Å². The number of nitrogens with one attached hydrogen (secondary N) is 2. The van der Waals surface area contributed by atoms with Gasteiger partial charge in [0.15, 0.2) is 5.11 Å². The zero-order chi connectivity index (χ0) is 21.2. The molecule has 0 aliphatic rings. The summed E-state index contributed by atoms with van der Waals surface area (Å²) in [7, 11) is 0. The molecule has 154 valence electrons. The lowest BCUT2D eigenvalue weighted by atomic mass is 10.2. The van der Waals surface area contributed by atoms with Crippen molar-refractivity contribution in [2.75, 3.05) is 18.5 Å². The predicted molar refractivity (Wildman–Crippen MR) is 123 cm³/mol. The zero-order valence-corrected chi connectivity index (χ0v) is 17.6. The van der Waals surface area contributed by atoms with Crippen LogP contribution in [0.1, 0.15) is 22.8 Å². The summed E-state index contributed by atoms with van der Waals surface area (Å²) in [6, 6.07) is 24.5. The van der Waals surface area contributed by atoms with Crippen LogP contribution < -0.4 is 20.1 Å². The van der Waals surface area contributed by atoms with Crippen molar-refractivity contribution in [3.05, 3.63) is 90.0 Å². The maximum absolute atomic E-state index is 12.5. The number of amides is 1. The smallest absolute Gasteiger partial charge is 0.257 e. The normalized spacial score (nSPS) is 10.2. The van der Waals surface area contributed by atoms with Gasteiger partial charge in [-0.15, -0.1) is 0 Å². The molecular formula is C24H24N2O3S. The van der Waals surface area contributed by atoms with Crippen molar-refractivity contribution in [1.29, 1.82) is 0 Å². The molecule has 1 amide bonds. The van der Waals surface area contributed by atoms with E-state index in [2.05, 4.69) is 22.8 Å². The van der Waals surface area contributed by atoms with E-state index in [1.807, 2.05) is 55.5 Å². The molecule has 0 saturated heterocycles. The quantitative estimate of drug-likeness (QED) is 0.511. The Morgan fingerprint density at radius 3 is 2.40 bits per heavy atom. The lowest BCUT2D eigenvalue weighted by molar-refractivity contribution is 0.0977. The molecule has 0 heterocycles. The molecule has 0 aromatic heterocycles. The second kappa shape index (κ2) is 11.0. The molecule has 0 unspecified atom stereocenters. The molecule has 0 saturated carbocycles. The number of rotatable bonds is 8. The topological polar surface area (TPSA) is 59.6 Å². The Bertz CT molecular complexity index is 993. The summed E-state index contributed by atoms with van der Waals surface area (Å²) in [5.74, 6) is 1.07. The number of benzene rings is 3. The van der Waals surface area contributed by atoms with E-state index in [9.17, 15) is 4.79 Å². The van der Waals surface area contributed by atoms with E-state index in [0.29, 0.717) is 24.5 Å². The molecule has 0 aliphatic heterocycles. The first-order chi connectivity index (χ1) is 14.6. The third-order valence-corrected chi connectivity index (χ3v) is 4.43. The summed E-state index contributed by atoms with van der Waals surface area (Å²) in [6.45, 7) is 3.03. The molecule has 6 heteroatoms. The molecule has 0 spiro atoms. The highest BCUT2D eigenvalue weighted by Crippen LogP contribution is 2.17. The van der Waals surface area contributed by atoms with Gasteiger partial charge in [0, 0.05) is 23.7 Å². The van der Waals surface area contributed by atoms with Gasteiger partial charge in [-0.1, -0.05) is 42.5 Å². The largest absolute Gasteiger partial charge is 0.494 e. The van der Waals surface area contributed by atoms with Crippen LogP contribution >= 0.6 is 12.2 Å². The van der Waals surface area contributed by atoms with Crippen molar-refractivity contribution in [2.45, 2.75) is 13.3 Å². The Labute approximate surface area is 182 Å². The fraction of sp³-hybridized carbons (Fsp3) is 0.167. The Hall–Kier alpha value is -3.38. The van der Waals surface area contributed by atoms with Crippen LogP contribution in [-0.2, 0) is 6.42 Å². The van der Waals surface area contributed by atoms with Gasteiger partial charge in [-0.05, 0) is 55.0 Å². The molecule has 0 aliphatic carbocycles. The highest BCUT2D eigenvalue weighted by Gasteiger charge is 2.09. The zero-order valence-electron chi connectivity index (χ0n) is 16.8. The Balaban J connectivity index is 1.53. The van der Waals surface area contributed by atoms with E-state index in [-0.39, 0.29) is 11.0 Å². The van der Waals surface area contributed by atoms with Gasteiger partial charge in [-0.3, -0.25) is 10.1 Å². The number of hydrogen-bond acceptors (Lipinski definition) is 4. The van der Waals surface area contributed by atoms with E-state index >= 15 is 0 Å². The summed E-state index contributed by atoms with van der Waals surface area (Å²) in [5.41, 5.74) is 2.42. The summed E-state index contributed by atoms with van der Waals surface area (Å²) < 4.78 is 11.3. The van der Waals surface area contributed by atoms with Gasteiger partial charge < -0.3 is 14.8 Å². The second-order valence-electron chi connectivity index (χ2n) is 6.48. The monoisotopic (exact) mass is 420 g/mol. The number of carbonyl (C=O) groups excluding carboxylic acids is 1. The van der Waals surface area contributed by atoms with Crippen molar-refractivity contribution in [2.24, 2.45) is 0 Å². The lowest BCUT2D eigenvalue weighted by Gasteiger charge is -2.12. The molecular weight excluding hydrogens is 396 g/mol. The molecule has 0 fully saturated rings. The average Bonchev–Trinajstić information content (AvgIpc) is 2.75. The van der Waals surface area contributed by atoms with Gasteiger partial charge >= 0.3 is 0 Å². The number of thiocarbonyl (C=S) groups is 1. The number of ether oxygens (including phenoxy) is 2. The van der Waals surface area contributed by atoms with Crippen LogP contribution in [0.15, 0.2) is 78.9 Å². The van der Waals surface area contributed by atoms with Gasteiger partial charge in [0.05, 0.1) is 13.2 Å². The van der Waals surface area contributed by atoms with Crippen molar-refractivity contribution >= 4 is 28.9 Å². The fourth-order valence-electron chi connectivity index (χ4n) is 2.83. The summed E-state index contributed by atoms with van der Waals surface area (Å²) in [6.07, 6.45) is 0.798. The van der Waals surface area contributed by atoms with E-state index in [1.165, 1.54) is 5.56 Å².